The topological polar surface area (TPSA) is 53.2 Å². The van der Waals surface area contributed by atoms with Gasteiger partial charge in [-0.3, -0.25) is 4.90 Å². The van der Waals surface area contributed by atoms with Crippen molar-refractivity contribution in [3.8, 4) is 0 Å². The van der Waals surface area contributed by atoms with Gasteiger partial charge in [0, 0.05) is 25.3 Å². The van der Waals surface area contributed by atoms with Crippen LogP contribution in [0.5, 0.6) is 0 Å². The van der Waals surface area contributed by atoms with Crippen LogP contribution in [0, 0.1) is 0 Å². The van der Waals surface area contributed by atoms with Crippen molar-refractivity contribution in [1.82, 2.24) is 20.2 Å². The molecule has 122 valence electrons. The van der Waals surface area contributed by atoms with E-state index >= 15 is 0 Å². The Labute approximate surface area is 136 Å². The quantitative estimate of drug-likeness (QED) is 0.910. The smallest absolute Gasteiger partial charge is 0.0917 e. The summed E-state index contributed by atoms with van der Waals surface area (Å²) < 4.78 is 5.40. The van der Waals surface area contributed by atoms with Crippen LogP contribution in [0.4, 0.5) is 0 Å². The Kier molecular flexibility index (Phi) is 2.90. The van der Waals surface area contributed by atoms with Crippen LogP contribution in [0.3, 0.4) is 0 Å². The maximum atomic E-state index is 5.40. The monoisotopic (exact) mass is 312 g/mol. The van der Waals surface area contributed by atoms with E-state index in [1.165, 1.54) is 17.7 Å². The van der Waals surface area contributed by atoms with Crippen LogP contribution in [0.2, 0.25) is 0 Å². The molecule has 5 heterocycles. The van der Waals surface area contributed by atoms with Gasteiger partial charge in [0.05, 0.1) is 41.5 Å². The molecule has 3 saturated heterocycles. The van der Waals surface area contributed by atoms with E-state index in [-0.39, 0.29) is 5.54 Å². The lowest BCUT2D eigenvalue weighted by Crippen LogP contribution is -2.58. The number of ether oxygens (including phenoxy) is 1. The standard InChI is InChI=1S/C18H24N4O/c1-11(2)14-7-19-15-3-4-16(21-17(14)15)18-5-12(6-20-18)22(10-18)13-8-23-9-13/h3-4,7,11-13,19-20H,5-6,8-10H2,1-2H3. The van der Waals surface area contributed by atoms with Crippen LogP contribution in [0.1, 0.15) is 37.4 Å². The highest BCUT2D eigenvalue weighted by atomic mass is 16.5. The fourth-order valence-corrected chi connectivity index (χ4v) is 4.50. The van der Waals surface area contributed by atoms with Crippen LogP contribution >= 0.6 is 0 Å². The molecule has 3 aliphatic heterocycles. The summed E-state index contributed by atoms with van der Waals surface area (Å²) >= 11 is 0. The Morgan fingerprint density at radius 1 is 1.30 bits per heavy atom. The zero-order valence-corrected chi connectivity index (χ0v) is 13.8. The predicted molar refractivity (Wildman–Crippen MR) is 89.6 cm³/mol. The molecule has 5 rings (SSSR count). The van der Waals surface area contributed by atoms with Crippen molar-refractivity contribution in [2.24, 2.45) is 0 Å². The summed E-state index contributed by atoms with van der Waals surface area (Å²) in [5, 5.41) is 3.77. The fourth-order valence-electron chi connectivity index (χ4n) is 4.50. The van der Waals surface area contributed by atoms with Gasteiger partial charge in [-0.1, -0.05) is 13.8 Å². The Balaban J connectivity index is 1.53. The molecular formula is C18H24N4O. The van der Waals surface area contributed by atoms with Gasteiger partial charge in [-0.25, -0.2) is 4.98 Å². The number of nitrogens with one attached hydrogen (secondary N) is 2. The number of rotatable bonds is 3. The molecule has 23 heavy (non-hydrogen) atoms. The maximum Gasteiger partial charge on any atom is 0.0917 e. The first-order chi connectivity index (χ1) is 11.2. The highest BCUT2D eigenvalue weighted by molar-refractivity contribution is 5.79. The zero-order chi connectivity index (χ0) is 15.6. The largest absolute Gasteiger partial charge is 0.378 e. The van der Waals surface area contributed by atoms with Gasteiger partial charge in [0.25, 0.3) is 0 Å². The molecule has 5 nitrogen and oxygen atoms in total. The minimum atomic E-state index is 0.0277. The van der Waals surface area contributed by atoms with Crippen molar-refractivity contribution in [3.05, 3.63) is 29.6 Å². The van der Waals surface area contributed by atoms with E-state index in [2.05, 4.69) is 47.4 Å². The Morgan fingerprint density at radius 3 is 2.91 bits per heavy atom. The van der Waals surface area contributed by atoms with Crippen molar-refractivity contribution in [1.29, 1.82) is 0 Å². The second-order valence-electron chi connectivity index (χ2n) is 7.68. The number of nitrogens with zero attached hydrogens (tertiary/aromatic N) is 2. The lowest BCUT2D eigenvalue weighted by Gasteiger charge is -2.41. The van der Waals surface area contributed by atoms with Gasteiger partial charge >= 0.3 is 0 Å². The number of pyridine rings is 1. The third-order valence-corrected chi connectivity index (χ3v) is 5.94. The molecule has 3 aliphatic rings. The van der Waals surface area contributed by atoms with E-state index in [1.54, 1.807) is 0 Å². The van der Waals surface area contributed by atoms with E-state index < -0.39 is 0 Å². The fraction of sp³-hybridized carbons (Fsp3) is 0.611. The third kappa shape index (κ3) is 1.93. The van der Waals surface area contributed by atoms with Gasteiger partial charge < -0.3 is 15.0 Å². The number of aromatic nitrogens is 2. The maximum absolute atomic E-state index is 5.40. The lowest BCUT2D eigenvalue weighted by atomic mass is 9.94. The highest BCUT2D eigenvalue weighted by Gasteiger charge is 2.53. The summed E-state index contributed by atoms with van der Waals surface area (Å²) in [6.45, 7) is 8.38. The molecule has 2 bridgehead atoms. The average molecular weight is 312 g/mol. The van der Waals surface area contributed by atoms with Crippen LogP contribution in [0.15, 0.2) is 18.3 Å². The lowest BCUT2D eigenvalue weighted by molar-refractivity contribution is -0.0751. The number of likely N-dealkylation sites (tertiary alicyclic amines) is 1. The van der Waals surface area contributed by atoms with Crippen molar-refractivity contribution in [2.45, 2.75) is 43.8 Å². The van der Waals surface area contributed by atoms with E-state index in [1.807, 2.05) is 0 Å². The predicted octanol–water partition coefficient (Wildman–Crippen LogP) is 1.96. The summed E-state index contributed by atoms with van der Waals surface area (Å²) in [5.41, 5.74) is 4.83. The average Bonchev–Trinajstić information content (AvgIpc) is 3.17. The van der Waals surface area contributed by atoms with E-state index in [0.717, 1.165) is 37.3 Å². The Hall–Kier alpha value is -1.43. The highest BCUT2D eigenvalue weighted by Crippen LogP contribution is 2.42. The van der Waals surface area contributed by atoms with Crippen LogP contribution < -0.4 is 5.32 Å². The third-order valence-electron chi connectivity index (χ3n) is 5.94. The zero-order valence-electron chi connectivity index (χ0n) is 13.8. The molecule has 2 atom stereocenters. The molecule has 0 spiro atoms. The summed E-state index contributed by atoms with van der Waals surface area (Å²) in [6, 6.07) is 5.66. The molecule has 2 unspecified atom stereocenters. The number of H-pyrrole nitrogens is 1. The number of piperazine rings is 1. The Morgan fingerprint density at radius 2 is 2.17 bits per heavy atom. The van der Waals surface area contributed by atoms with Gasteiger partial charge in [-0.2, -0.15) is 0 Å². The van der Waals surface area contributed by atoms with Crippen molar-refractivity contribution >= 4 is 11.0 Å². The molecular weight excluding hydrogens is 288 g/mol. The molecule has 0 aliphatic carbocycles. The van der Waals surface area contributed by atoms with Crippen molar-refractivity contribution in [2.75, 3.05) is 26.3 Å². The summed E-state index contributed by atoms with van der Waals surface area (Å²) in [5.74, 6) is 0.487. The molecule has 5 heteroatoms. The van der Waals surface area contributed by atoms with Gasteiger partial charge in [0.2, 0.25) is 0 Å². The first-order valence-corrected chi connectivity index (χ1v) is 8.73. The van der Waals surface area contributed by atoms with E-state index in [4.69, 9.17) is 9.72 Å². The van der Waals surface area contributed by atoms with Crippen molar-refractivity contribution < 1.29 is 4.74 Å². The van der Waals surface area contributed by atoms with Gasteiger partial charge in [-0.15, -0.1) is 0 Å². The van der Waals surface area contributed by atoms with Crippen LogP contribution in [-0.2, 0) is 10.3 Å². The van der Waals surface area contributed by atoms with E-state index in [0.29, 0.717) is 18.0 Å². The molecule has 2 N–H and O–H groups in total. The molecule has 2 aromatic rings. The number of fused-ring (bicyclic) bond motifs is 3. The first-order valence-electron chi connectivity index (χ1n) is 8.73. The van der Waals surface area contributed by atoms with Crippen LogP contribution in [0.25, 0.3) is 11.0 Å². The molecule has 0 saturated carbocycles. The number of hydrogen-bond acceptors (Lipinski definition) is 4. The first kappa shape index (κ1) is 14.0. The second kappa shape index (κ2) is 4.79. The number of hydrogen-bond donors (Lipinski definition) is 2. The molecule has 2 aromatic heterocycles. The van der Waals surface area contributed by atoms with Gasteiger partial charge in [-0.05, 0) is 30.0 Å². The number of aromatic amines is 1. The van der Waals surface area contributed by atoms with E-state index in [9.17, 15) is 0 Å². The van der Waals surface area contributed by atoms with Crippen LogP contribution in [-0.4, -0.2) is 53.3 Å². The summed E-state index contributed by atoms with van der Waals surface area (Å²) in [4.78, 5) is 11.1. The normalized spacial score (nSPS) is 31.3. The summed E-state index contributed by atoms with van der Waals surface area (Å²) in [6.07, 6.45) is 3.28. The van der Waals surface area contributed by atoms with Crippen molar-refractivity contribution in [3.63, 3.8) is 0 Å². The molecule has 0 radical (unpaired) electrons. The molecule has 0 amide bonds. The molecule has 3 fully saturated rings. The minimum absolute atomic E-state index is 0.0277. The van der Waals surface area contributed by atoms with Gasteiger partial charge in [0.1, 0.15) is 0 Å². The SMILES string of the molecule is CC(C)c1c[nH]c2ccc(C34CC(CN3)N(C3COC3)C4)nc12. The Bertz CT molecular complexity index is 751. The summed E-state index contributed by atoms with van der Waals surface area (Å²) in [7, 11) is 0. The minimum Gasteiger partial charge on any atom is -0.378 e. The molecule has 0 aromatic carbocycles. The second-order valence-corrected chi connectivity index (χ2v) is 7.68. The van der Waals surface area contributed by atoms with Gasteiger partial charge in [0.15, 0.2) is 0 Å².